The van der Waals surface area contributed by atoms with Crippen molar-refractivity contribution in [2.75, 3.05) is 18.0 Å². The fourth-order valence-electron chi connectivity index (χ4n) is 5.45. The first-order valence-electron chi connectivity index (χ1n) is 11.6. The van der Waals surface area contributed by atoms with Gasteiger partial charge < -0.3 is 9.88 Å². The Morgan fingerprint density at radius 2 is 1.97 bits per heavy atom. The van der Waals surface area contributed by atoms with Crippen LogP contribution in [0.3, 0.4) is 0 Å². The molecule has 2 unspecified atom stereocenters. The van der Waals surface area contributed by atoms with Gasteiger partial charge in [-0.25, -0.2) is 0 Å². The van der Waals surface area contributed by atoms with E-state index in [0.29, 0.717) is 0 Å². The molecule has 2 aromatic rings. The van der Waals surface area contributed by atoms with E-state index in [1.807, 2.05) is 18.4 Å². The Morgan fingerprint density at radius 1 is 1.19 bits per heavy atom. The van der Waals surface area contributed by atoms with Crippen molar-refractivity contribution in [3.8, 4) is 0 Å². The van der Waals surface area contributed by atoms with E-state index < -0.39 is 5.54 Å². The Hall–Kier alpha value is -3.14. The number of aromatic nitrogens is 1. The molecular formula is C28H33N3O. The molecule has 0 radical (unpaired) electrons. The summed E-state index contributed by atoms with van der Waals surface area (Å²) in [4.78, 5) is 22.6. The second-order valence-electron chi connectivity index (χ2n) is 8.69. The highest BCUT2D eigenvalue weighted by molar-refractivity contribution is 5.82. The first kappa shape index (κ1) is 22.1. The van der Waals surface area contributed by atoms with Crippen molar-refractivity contribution in [2.45, 2.75) is 46.1 Å². The Morgan fingerprint density at radius 3 is 2.72 bits per heavy atom. The average molecular weight is 428 g/mol. The number of H-pyrrole nitrogens is 1. The van der Waals surface area contributed by atoms with Gasteiger partial charge in [0.1, 0.15) is 5.54 Å². The summed E-state index contributed by atoms with van der Waals surface area (Å²) in [5.74, 6) is 0.281. The molecule has 32 heavy (non-hydrogen) atoms. The fraction of sp³-hybridized carbons (Fsp3) is 0.357. The summed E-state index contributed by atoms with van der Waals surface area (Å²) in [6, 6.07) is 12.1. The van der Waals surface area contributed by atoms with Gasteiger partial charge in [0.25, 0.3) is 0 Å². The number of para-hydroxylation sites is 1. The van der Waals surface area contributed by atoms with Gasteiger partial charge in [-0.3, -0.25) is 9.79 Å². The molecule has 0 saturated heterocycles. The van der Waals surface area contributed by atoms with Crippen LogP contribution in [0.5, 0.6) is 0 Å². The van der Waals surface area contributed by atoms with Crippen molar-refractivity contribution >= 4 is 18.0 Å². The van der Waals surface area contributed by atoms with Gasteiger partial charge in [-0.1, -0.05) is 42.0 Å². The summed E-state index contributed by atoms with van der Waals surface area (Å²) in [6.45, 7) is 10.6. The van der Waals surface area contributed by atoms with Crippen molar-refractivity contribution in [3.05, 3.63) is 92.9 Å². The van der Waals surface area contributed by atoms with Crippen LogP contribution in [0.25, 0.3) is 6.08 Å². The molecule has 0 saturated carbocycles. The molecule has 1 aromatic heterocycles. The topological polar surface area (TPSA) is 48.5 Å². The van der Waals surface area contributed by atoms with Crippen LogP contribution in [0.4, 0.5) is 5.69 Å². The number of nitrogens with zero attached hydrogens (tertiary/aromatic N) is 2. The Kier molecular flexibility index (Phi) is 6.31. The number of fused-ring (bicyclic) bond motifs is 4. The molecule has 1 heterocycles. The number of pyridine rings is 1. The van der Waals surface area contributed by atoms with E-state index in [1.54, 1.807) is 6.07 Å². The number of aliphatic imine (C=N–C) groups is 1. The lowest BCUT2D eigenvalue weighted by atomic mass is 9.63. The number of hydrogen-bond acceptors (Lipinski definition) is 3. The van der Waals surface area contributed by atoms with Crippen LogP contribution >= 0.6 is 0 Å². The largest absolute Gasteiger partial charge is 0.372 e. The molecule has 1 N–H and O–H groups in total. The van der Waals surface area contributed by atoms with E-state index in [1.165, 1.54) is 22.4 Å². The first-order chi connectivity index (χ1) is 15.5. The molecule has 0 aliphatic heterocycles. The minimum Gasteiger partial charge on any atom is -0.372 e. The molecule has 166 valence electrons. The molecule has 4 heteroatoms. The Labute approximate surface area is 191 Å². The van der Waals surface area contributed by atoms with Crippen molar-refractivity contribution in [3.63, 3.8) is 0 Å². The third-order valence-corrected chi connectivity index (χ3v) is 6.78. The lowest BCUT2D eigenvalue weighted by molar-refractivity contribution is 0.413. The highest BCUT2D eigenvalue weighted by Gasteiger charge is 2.46. The van der Waals surface area contributed by atoms with E-state index in [4.69, 9.17) is 4.99 Å². The van der Waals surface area contributed by atoms with Crippen LogP contribution in [-0.2, 0) is 12.0 Å². The maximum absolute atomic E-state index is 12.0. The van der Waals surface area contributed by atoms with Crippen LogP contribution in [0.2, 0.25) is 0 Å². The van der Waals surface area contributed by atoms with E-state index >= 15 is 0 Å². The number of rotatable bonds is 6. The maximum atomic E-state index is 12.0. The predicted molar refractivity (Wildman–Crippen MR) is 136 cm³/mol. The standard InChI is InChI=1S/C28H33N3O/c1-5-23-22-17-20(4)19-28(23,24-14-15-27(32)30-25(24)18-22)29-16-10-12-21-11-8-9-13-26(21)31(6-2)7-3/h5,8-17,22H,6-7,18-19H2,1-4H3,(H,30,32)/b12-10+,23-5+,29-16?. The zero-order valence-corrected chi connectivity index (χ0v) is 19.6. The van der Waals surface area contributed by atoms with Crippen LogP contribution < -0.4 is 10.5 Å². The lowest BCUT2D eigenvalue weighted by Gasteiger charge is -2.45. The minimum absolute atomic E-state index is 0.0431. The molecule has 0 amide bonds. The van der Waals surface area contributed by atoms with Crippen LogP contribution in [0.1, 0.15) is 50.9 Å². The second-order valence-corrected chi connectivity index (χ2v) is 8.69. The molecule has 0 fully saturated rings. The SMILES string of the molecule is C/C=C1\C2C=C(C)CC1(N=C/C=C/c1ccccc1N(CC)CC)c1ccc(=O)[nH]c1C2. The lowest BCUT2D eigenvalue weighted by Crippen LogP contribution is -2.40. The summed E-state index contributed by atoms with van der Waals surface area (Å²) in [5, 5.41) is 0. The highest BCUT2D eigenvalue weighted by atomic mass is 16.1. The average Bonchev–Trinajstić information content (AvgIpc) is 2.77. The normalized spacial score (nSPS) is 23.6. The van der Waals surface area contributed by atoms with Crippen molar-refractivity contribution < 1.29 is 0 Å². The molecule has 2 aliphatic rings. The summed E-state index contributed by atoms with van der Waals surface area (Å²) in [7, 11) is 0. The molecule has 4 nitrogen and oxygen atoms in total. The Bertz CT molecular complexity index is 1160. The number of benzene rings is 1. The molecular weight excluding hydrogens is 394 g/mol. The van der Waals surface area contributed by atoms with Crippen molar-refractivity contribution in [2.24, 2.45) is 10.9 Å². The van der Waals surface area contributed by atoms with E-state index in [2.05, 4.69) is 80.1 Å². The van der Waals surface area contributed by atoms with Gasteiger partial charge in [-0.15, -0.1) is 0 Å². The van der Waals surface area contributed by atoms with Gasteiger partial charge in [0.15, 0.2) is 0 Å². The summed E-state index contributed by atoms with van der Waals surface area (Å²) >= 11 is 0. The highest BCUT2D eigenvalue weighted by Crippen LogP contribution is 2.51. The number of nitrogens with one attached hydrogen (secondary N) is 1. The summed E-state index contributed by atoms with van der Waals surface area (Å²) in [6.07, 6.45) is 12.4. The quantitative estimate of drug-likeness (QED) is 0.477. The number of anilines is 1. The molecule has 2 aliphatic carbocycles. The zero-order valence-electron chi connectivity index (χ0n) is 19.6. The third kappa shape index (κ3) is 3.90. The van der Waals surface area contributed by atoms with Gasteiger partial charge in [0, 0.05) is 54.7 Å². The zero-order chi connectivity index (χ0) is 22.7. The smallest absolute Gasteiger partial charge is 0.248 e. The molecule has 1 aromatic carbocycles. The monoisotopic (exact) mass is 427 g/mol. The van der Waals surface area contributed by atoms with E-state index in [0.717, 1.165) is 37.2 Å². The molecule has 0 spiro atoms. The number of hydrogen-bond donors (Lipinski definition) is 1. The Balaban J connectivity index is 1.73. The summed E-state index contributed by atoms with van der Waals surface area (Å²) in [5.41, 5.74) is 6.77. The molecule has 2 bridgehead atoms. The van der Waals surface area contributed by atoms with Gasteiger partial charge in [0.2, 0.25) is 5.56 Å². The van der Waals surface area contributed by atoms with E-state index in [-0.39, 0.29) is 11.5 Å². The maximum Gasteiger partial charge on any atom is 0.248 e. The van der Waals surface area contributed by atoms with Gasteiger partial charge in [-0.2, -0.15) is 0 Å². The van der Waals surface area contributed by atoms with Gasteiger partial charge >= 0.3 is 0 Å². The molecule has 4 rings (SSSR count). The van der Waals surface area contributed by atoms with Gasteiger partial charge in [-0.05, 0) is 63.5 Å². The van der Waals surface area contributed by atoms with Crippen LogP contribution in [0.15, 0.2) is 75.6 Å². The van der Waals surface area contributed by atoms with Crippen LogP contribution in [-0.4, -0.2) is 24.3 Å². The minimum atomic E-state index is -0.446. The number of aromatic amines is 1. The fourth-order valence-corrected chi connectivity index (χ4v) is 5.45. The summed E-state index contributed by atoms with van der Waals surface area (Å²) < 4.78 is 0. The number of allylic oxidation sites excluding steroid dienone is 3. The van der Waals surface area contributed by atoms with E-state index in [9.17, 15) is 4.79 Å². The predicted octanol–water partition coefficient (Wildman–Crippen LogP) is 5.67. The van der Waals surface area contributed by atoms with Crippen LogP contribution in [0, 0.1) is 5.92 Å². The third-order valence-electron chi connectivity index (χ3n) is 6.78. The van der Waals surface area contributed by atoms with Gasteiger partial charge in [0.05, 0.1) is 0 Å². The van der Waals surface area contributed by atoms with Crippen molar-refractivity contribution in [1.82, 2.24) is 4.98 Å². The molecule has 2 atom stereocenters. The second kappa shape index (κ2) is 9.15. The van der Waals surface area contributed by atoms with Crippen molar-refractivity contribution in [1.29, 1.82) is 0 Å². The first-order valence-corrected chi connectivity index (χ1v) is 11.6.